The van der Waals surface area contributed by atoms with Crippen LogP contribution in [0.3, 0.4) is 0 Å². The second-order valence-electron chi connectivity index (χ2n) is 9.56. The Hall–Kier alpha value is -3.30. The number of carbonyl (C=O) groups excluding carboxylic acids is 2. The molecule has 36 heavy (non-hydrogen) atoms. The molecule has 1 fully saturated rings. The van der Waals surface area contributed by atoms with Gasteiger partial charge in [-0.25, -0.2) is 8.78 Å². The Bertz CT molecular complexity index is 1290. The van der Waals surface area contributed by atoms with Crippen molar-refractivity contribution in [3.63, 3.8) is 0 Å². The van der Waals surface area contributed by atoms with Crippen LogP contribution in [0.2, 0.25) is 0 Å². The van der Waals surface area contributed by atoms with Crippen molar-refractivity contribution in [1.29, 1.82) is 0 Å². The Balaban J connectivity index is 1.57. The molecule has 0 saturated carbocycles. The Morgan fingerprint density at radius 3 is 2.61 bits per heavy atom. The van der Waals surface area contributed by atoms with Crippen LogP contribution in [0, 0.1) is 11.6 Å². The molecule has 2 aliphatic rings. The van der Waals surface area contributed by atoms with Crippen LogP contribution in [0.5, 0.6) is 0 Å². The molecule has 7 nitrogen and oxygen atoms in total. The number of carbonyl (C=O) groups is 2. The van der Waals surface area contributed by atoms with Crippen molar-refractivity contribution < 1.29 is 23.1 Å². The predicted octanol–water partition coefficient (Wildman–Crippen LogP) is 3.52. The number of ether oxygens (including phenoxy) is 1. The summed E-state index contributed by atoms with van der Waals surface area (Å²) in [5.41, 5.74) is 3.74. The van der Waals surface area contributed by atoms with Crippen LogP contribution in [0.1, 0.15) is 48.7 Å². The average Bonchev–Trinajstić information content (AvgIpc) is 3.25. The predicted molar refractivity (Wildman–Crippen MR) is 131 cm³/mol. The smallest absolute Gasteiger partial charge is 0.323 e. The fourth-order valence-corrected chi connectivity index (χ4v) is 5.87. The Kier molecular flexibility index (Phi) is 6.77. The number of nitrogens with zero attached hydrogens (tertiary/aromatic N) is 1. The molecule has 1 amide bonds. The molecule has 1 saturated heterocycles. The zero-order valence-electron chi connectivity index (χ0n) is 20.3. The zero-order chi connectivity index (χ0) is 25.4. The normalized spacial score (nSPS) is 23.7. The molecule has 9 heteroatoms. The summed E-state index contributed by atoms with van der Waals surface area (Å²) in [5.74, 6) is -2.26. The molecule has 4 atom stereocenters. The van der Waals surface area contributed by atoms with E-state index in [0.29, 0.717) is 37.9 Å². The lowest BCUT2D eigenvalue weighted by Gasteiger charge is -2.50. The summed E-state index contributed by atoms with van der Waals surface area (Å²) in [4.78, 5) is 30.0. The van der Waals surface area contributed by atoms with Gasteiger partial charge < -0.3 is 20.4 Å². The first-order valence-corrected chi connectivity index (χ1v) is 12.2. The average molecular weight is 497 g/mol. The number of aromatic amines is 1. The summed E-state index contributed by atoms with van der Waals surface area (Å²) in [6.07, 6.45) is 1.75. The van der Waals surface area contributed by atoms with Crippen LogP contribution >= 0.6 is 0 Å². The molecule has 2 aromatic carbocycles. The van der Waals surface area contributed by atoms with Gasteiger partial charge in [-0.3, -0.25) is 14.5 Å². The number of aromatic nitrogens is 1. The maximum Gasteiger partial charge on any atom is 0.323 e. The molecule has 190 valence electrons. The van der Waals surface area contributed by atoms with Gasteiger partial charge in [0.25, 0.3) is 0 Å². The van der Waals surface area contributed by atoms with E-state index in [9.17, 15) is 18.4 Å². The monoisotopic (exact) mass is 496 g/mol. The van der Waals surface area contributed by atoms with E-state index in [0.717, 1.165) is 28.2 Å². The summed E-state index contributed by atoms with van der Waals surface area (Å²) >= 11 is 0. The number of hydrogen-bond acceptors (Lipinski definition) is 5. The highest BCUT2D eigenvalue weighted by molar-refractivity contribution is 5.87. The number of para-hydroxylation sites is 1. The highest BCUT2D eigenvalue weighted by Gasteiger charge is 2.48. The van der Waals surface area contributed by atoms with Crippen molar-refractivity contribution in [1.82, 2.24) is 20.5 Å². The van der Waals surface area contributed by atoms with Gasteiger partial charge in [0.05, 0.1) is 13.2 Å². The van der Waals surface area contributed by atoms with Gasteiger partial charge in [-0.1, -0.05) is 24.3 Å². The van der Waals surface area contributed by atoms with Gasteiger partial charge in [0.15, 0.2) is 11.6 Å². The molecule has 0 radical (unpaired) electrons. The third-order valence-corrected chi connectivity index (χ3v) is 7.41. The molecule has 0 aliphatic carbocycles. The summed E-state index contributed by atoms with van der Waals surface area (Å²) in [6.45, 7) is 2.53. The quantitative estimate of drug-likeness (QED) is 0.359. The van der Waals surface area contributed by atoms with Crippen molar-refractivity contribution in [3.8, 4) is 0 Å². The van der Waals surface area contributed by atoms with Crippen LogP contribution in [0.25, 0.3) is 10.9 Å². The van der Waals surface area contributed by atoms with E-state index < -0.39 is 17.7 Å². The Morgan fingerprint density at radius 2 is 1.86 bits per heavy atom. The summed E-state index contributed by atoms with van der Waals surface area (Å²) in [5, 5.41) is 7.38. The number of fused-ring (bicyclic) bond motifs is 5. The molecular weight excluding hydrogens is 466 g/mol. The first kappa shape index (κ1) is 24.4. The molecule has 3 heterocycles. The van der Waals surface area contributed by atoms with Gasteiger partial charge in [-0.05, 0) is 42.2 Å². The Labute approximate surface area is 208 Å². The first-order valence-electron chi connectivity index (χ1n) is 12.2. The van der Waals surface area contributed by atoms with E-state index in [1.54, 1.807) is 6.07 Å². The number of hydrogen-bond donors (Lipinski definition) is 3. The third kappa shape index (κ3) is 4.49. The van der Waals surface area contributed by atoms with Gasteiger partial charge >= 0.3 is 5.97 Å². The molecule has 1 aromatic heterocycles. The molecule has 2 aliphatic heterocycles. The maximum absolute atomic E-state index is 14.3. The van der Waals surface area contributed by atoms with Gasteiger partial charge in [0.2, 0.25) is 5.91 Å². The number of rotatable bonds is 6. The van der Waals surface area contributed by atoms with Gasteiger partial charge in [0.1, 0.15) is 6.04 Å². The minimum atomic E-state index is -0.914. The number of halogens is 2. The molecule has 3 aromatic rings. The molecule has 0 spiro atoms. The SMILES string of the molecule is COC(=O)[C@@H]1Cc2c([nH]c3ccccc23)[C@@H]2C[C@@H](NCCNC(C)=O)C[C@@H](c3ccc(F)c(F)c3)N12. The summed E-state index contributed by atoms with van der Waals surface area (Å²) in [6, 6.07) is 10.9. The van der Waals surface area contributed by atoms with Crippen molar-refractivity contribution in [2.75, 3.05) is 20.2 Å². The minimum absolute atomic E-state index is 0.0220. The molecule has 0 bridgehead atoms. The fraction of sp³-hybridized carbons (Fsp3) is 0.407. The van der Waals surface area contributed by atoms with Crippen molar-refractivity contribution >= 4 is 22.8 Å². The van der Waals surface area contributed by atoms with Crippen molar-refractivity contribution in [2.45, 2.75) is 50.4 Å². The highest BCUT2D eigenvalue weighted by atomic mass is 19.2. The van der Waals surface area contributed by atoms with Gasteiger partial charge in [0, 0.05) is 55.1 Å². The first-order chi connectivity index (χ1) is 17.4. The van der Waals surface area contributed by atoms with E-state index >= 15 is 0 Å². The van der Waals surface area contributed by atoms with E-state index in [4.69, 9.17) is 4.74 Å². The van der Waals surface area contributed by atoms with Crippen molar-refractivity contribution in [2.24, 2.45) is 0 Å². The second-order valence-corrected chi connectivity index (χ2v) is 9.56. The minimum Gasteiger partial charge on any atom is -0.468 e. The molecule has 3 N–H and O–H groups in total. The number of piperidine rings is 1. The van der Waals surface area contributed by atoms with Gasteiger partial charge in [-0.15, -0.1) is 0 Å². The fourth-order valence-electron chi connectivity index (χ4n) is 5.87. The van der Waals surface area contributed by atoms with Crippen LogP contribution in [-0.2, 0) is 20.7 Å². The molecule has 0 unspecified atom stereocenters. The lowest BCUT2D eigenvalue weighted by atomic mass is 9.79. The topological polar surface area (TPSA) is 86.5 Å². The molecule has 5 rings (SSSR count). The van der Waals surface area contributed by atoms with Crippen LogP contribution in [0.15, 0.2) is 42.5 Å². The summed E-state index contributed by atoms with van der Waals surface area (Å²) in [7, 11) is 1.38. The number of esters is 1. The second kappa shape index (κ2) is 9.99. The van der Waals surface area contributed by atoms with E-state index in [1.165, 1.54) is 20.1 Å². The van der Waals surface area contributed by atoms with Crippen LogP contribution < -0.4 is 10.6 Å². The van der Waals surface area contributed by atoms with E-state index in [1.807, 2.05) is 24.3 Å². The number of benzene rings is 2. The lowest BCUT2D eigenvalue weighted by molar-refractivity contribution is -0.152. The van der Waals surface area contributed by atoms with E-state index in [2.05, 4.69) is 20.5 Å². The van der Waals surface area contributed by atoms with Crippen LogP contribution in [0.4, 0.5) is 8.78 Å². The Morgan fingerprint density at radius 1 is 1.08 bits per heavy atom. The van der Waals surface area contributed by atoms with Crippen molar-refractivity contribution in [3.05, 3.63) is 70.9 Å². The number of nitrogens with one attached hydrogen (secondary N) is 3. The lowest BCUT2D eigenvalue weighted by Crippen LogP contribution is -2.56. The largest absolute Gasteiger partial charge is 0.468 e. The number of methoxy groups -OCH3 is 1. The maximum atomic E-state index is 14.3. The third-order valence-electron chi connectivity index (χ3n) is 7.41. The summed E-state index contributed by atoms with van der Waals surface area (Å²) < 4.78 is 33.4. The number of amides is 1. The van der Waals surface area contributed by atoms with Crippen LogP contribution in [-0.4, -0.2) is 54.0 Å². The zero-order valence-corrected chi connectivity index (χ0v) is 20.3. The number of H-pyrrole nitrogens is 1. The molecular formula is C27H30F2N4O3. The van der Waals surface area contributed by atoms with Gasteiger partial charge in [-0.2, -0.15) is 0 Å². The van der Waals surface area contributed by atoms with E-state index in [-0.39, 0.29) is 30.0 Å². The highest BCUT2D eigenvalue weighted by Crippen LogP contribution is 2.48. The standard InChI is InChI=1S/C27H30F2N4O3/c1-15(34)30-9-10-31-17-12-23(16-7-8-20(28)21(29)11-16)33-24(13-17)26-19(14-25(33)27(35)36-2)18-5-3-4-6-22(18)32-26/h3-8,11,17,23-25,31-32H,9-10,12-14H2,1-2H3,(H,30,34)/t17-,23-,24-,25-/m0/s1.